The summed E-state index contributed by atoms with van der Waals surface area (Å²) in [5.41, 5.74) is 5.36. The molecule has 30 heavy (non-hydrogen) atoms. The zero-order valence-corrected chi connectivity index (χ0v) is 17.6. The van der Waals surface area contributed by atoms with Crippen LogP contribution >= 0.6 is 23.4 Å². The number of aromatic nitrogens is 2. The molecule has 156 valence electrons. The number of nitrogens with one attached hydrogen (secondary N) is 1. The third-order valence-corrected chi connectivity index (χ3v) is 6.86. The summed E-state index contributed by atoms with van der Waals surface area (Å²) in [5, 5.41) is 3.19. The van der Waals surface area contributed by atoms with Crippen LogP contribution < -0.4 is 11.1 Å². The van der Waals surface area contributed by atoms with Gasteiger partial charge in [-0.05, 0) is 31.5 Å². The van der Waals surface area contributed by atoms with E-state index in [-0.39, 0.29) is 28.0 Å². The number of carbonyl (C=O) groups excluding carboxylic acids is 2. The predicted octanol–water partition coefficient (Wildman–Crippen LogP) is 2.73. The van der Waals surface area contributed by atoms with E-state index in [1.165, 1.54) is 37.7 Å². The first-order chi connectivity index (χ1) is 14.2. The van der Waals surface area contributed by atoms with E-state index in [0.29, 0.717) is 11.4 Å². The number of rotatable bonds is 4. The number of pyridine rings is 2. The lowest BCUT2D eigenvalue weighted by Crippen LogP contribution is -2.40. The lowest BCUT2D eigenvalue weighted by molar-refractivity contribution is -0.141. The summed E-state index contributed by atoms with van der Waals surface area (Å²) in [5.74, 6) is -2.01. The number of hydrogen-bond donors (Lipinski definition) is 2. The Hall–Kier alpha value is -2.72. The quantitative estimate of drug-likeness (QED) is 0.544. The topological polar surface area (TPSA) is 120 Å². The van der Waals surface area contributed by atoms with Crippen LogP contribution in [0.5, 0.6) is 0 Å². The Labute approximate surface area is 180 Å². The minimum absolute atomic E-state index is 0.128. The summed E-state index contributed by atoms with van der Waals surface area (Å²) in [4.78, 5) is 36.9. The number of hydrogen-bond acceptors (Lipinski definition) is 8. The van der Waals surface area contributed by atoms with Gasteiger partial charge in [-0.15, -0.1) is 0 Å². The van der Waals surface area contributed by atoms with E-state index >= 15 is 0 Å². The van der Waals surface area contributed by atoms with Gasteiger partial charge in [-0.3, -0.25) is 14.6 Å². The highest BCUT2D eigenvalue weighted by atomic mass is 35.5. The standard InChI is InChI=1S/C19H17ClFN5O3S/c1-18(13-6-19(13,16(28)29-2)30-17(22)26-18)11-5-10(8-24-14(11)21)25-15(27)12-4-3-9(20)7-23-12/h3-5,7-8,13H,6H2,1-2H3,(H2,22,26)(H,25,27)/t13?,18-,19+/m1/s1. The van der Waals surface area contributed by atoms with Crippen molar-refractivity contribution >= 4 is 46.1 Å². The van der Waals surface area contributed by atoms with Gasteiger partial charge >= 0.3 is 5.97 Å². The molecule has 0 radical (unpaired) electrons. The predicted molar refractivity (Wildman–Crippen MR) is 111 cm³/mol. The molecule has 1 aliphatic carbocycles. The Bertz CT molecular complexity index is 1080. The highest BCUT2D eigenvalue weighted by Crippen LogP contribution is 2.66. The average molecular weight is 450 g/mol. The van der Waals surface area contributed by atoms with Crippen molar-refractivity contribution in [3.05, 3.63) is 52.8 Å². The first-order valence-corrected chi connectivity index (χ1v) is 10.1. The van der Waals surface area contributed by atoms with E-state index in [1.54, 1.807) is 6.92 Å². The molecule has 3 N–H and O–H groups in total. The molecule has 1 amide bonds. The summed E-state index contributed by atoms with van der Waals surface area (Å²) in [6.07, 6.45) is 2.99. The number of methoxy groups -OCH3 is 1. The number of amides is 1. The third-order valence-electron chi connectivity index (χ3n) is 5.35. The van der Waals surface area contributed by atoms with Gasteiger partial charge in [-0.2, -0.15) is 4.39 Å². The molecule has 1 aliphatic heterocycles. The van der Waals surface area contributed by atoms with Crippen molar-refractivity contribution in [2.45, 2.75) is 23.6 Å². The fourth-order valence-corrected chi connectivity index (χ4v) is 5.30. The van der Waals surface area contributed by atoms with Gasteiger partial charge in [0.05, 0.1) is 29.6 Å². The van der Waals surface area contributed by atoms with Gasteiger partial charge in [0.15, 0.2) is 5.17 Å². The van der Waals surface area contributed by atoms with Crippen LogP contribution in [-0.2, 0) is 15.1 Å². The highest BCUT2D eigenvalue weighted by molar-refractivity contribution is 8.15. The van der Waals surface area contributed by atoms with Gasteiger partial charge < -0.3 is 15.8 Å². The number of halogens is 2. The van der Waals surface area contributed by atoms with E-state index in [9.17, 15) is 14.0 Å². The molecule has 1 fully saturated rings. The van der Waals surface area contributed by atoms with Crippen LogP contribution in [0.25, 0.3) is 0 Å². The molecular weight excluding hydrogens is 433 g/mol. The highest BCUT2D eigenvalue weighted by Gasteiger charge is 2.71. The molecule has 0 aromatic carbocycles. The van der Waals surface area contributed by atoms with Crippen molar-refractivity contribution in [1.29, 1.82) is 0 Å². The van der Waals surface area contributed by atoms with Crippen LogP contribution in [0.4, 0.5) is 10.1 Å². The zero-order valence-electron chi connectivity index (χ0n) is 16.0. The second-order valence-corrected chi connectivity index (χ2v) is 9.00. The molecule has 3 atom stereocenters. The molecule has 1 unspecified atom stereocenters. The smallest absolute Gasteiger partial charge is 0.322 e. The van der Waals surface area contributed by atoms with E-state index in [1.807, 2.05) is 0 Å². The van der Waals surface area contributed by atoms with Crippen molar-refractivity contribution in [3.8, 4) is 0 Å². The number of thioether (sulfide) groups is 1. The summed E-state index contributed by atoms with van der Waals surface area (Å²) in [6, 6.07) is 4.45. The molecule has 0 saturated heterocycles. The van der Waals surface area contributed by atoms with E-state index < -0.39 is 28.1 Å². The third kappa shape index (κ3) is 3.29. The minimum atomic E-state index is -1.14. The number of carbonyl (C=O) groups is 2. The maximum atomic E-state index is 14.7. The number of nitrogens with zero attached hydrogens (tertiary/aromatic N) is 3. The fraction of sp³-hybridized carbons (Fsp3) is 0.316. The van der Waals surface area contributed by atoms with E-state index in [4.69, 9.17) is 22.1 Å². The Morgan fingerprint density at radius 3 is 2.80 bits per heavy atom. The Kier molecular flexibility index (Phi) is 4.94. The molecule has 3 heterocycles. The molecule has 2 aromatic heterocycles. The fourth-order valence-electron chi connectivity index (χ4n) is 3.79. The molecule has 8 nitrogen and oxygen atoms in total. The van der Waals surface area contributed by atoms with Crippen LogP contribution in [0.3, 0.4) is 0 Å². The van der Waals surface area contributed by atoms with Gasteiger partial charge in [0.1, 0.15) is 10.4 Å². The molecule has 1 saturated carbocycles. The monoisotopic (exact) mass is 449 g/mol. The van der Waals surface area contributed by atoms with Gasteiger partial charge in [0.2, 0.25) is 5.95 Å². The number of amidine groups is 1. The second kappa shape index (κ2) is 7.21. The van der Waals surface area contributed by atoms with Gasteiger partial charge in [0.25, 0.3) is 5.91 Å². The summed E-state index contributed by atoms with van der Waals surface area (Å²) in [6.45, 7) is 1.70. The molecule has 0 bridgehead atoms. The first kappa shape index (κ1) is 20.5. The molecule has 4 rings (SSSR count). The van der Waals surface area contributed by atoms with Crippen molar-refractivity contribution in [2.24, 2.45) is 16.6 Å². The molecule has 2 aliphatic rings. The number of nitrogens with two attached hydrogens (primary N) is 1. The normalized spacial score (nSPS) is 26.9. The lowest BCUT2D eigenvalue weighted by atomic mass is 9.86. The van der Waals surface area contributed by atoms with Crippen LogP contribution in [-0.4, -0.2) is 38.9 Å². The lowest BCUT2D eigenvalue weighted by Gasteiger charge is -2.33. The number of anilines is 1. The van der Waals surface area contributed by atoms with Crippen LogP contribution in [0.1, 0.15) is 29.4 Å². The largest absolute Gasteiger partial charge is 0.468 e. The van der Waals surface area contributed by atoms with Gasteiger partial charge in [-0.1, -0.05) is 23.4 Å². The van der Waals surface area contributed by atoms with Crippen molar-refractivity contribution in [3.63, 3.8) is 0 Å². The van der Waals surface area contributed by atoms with Crippen LogP contribution in [0, 0.1) is 11.9 Å². The van der Waals surface area contributed by atoms with Crippen molar-refractivity contribution in [2.75, 3.05) is 12.4 Å². The van der Waals surface area contributed by atoms with Gasteiger partial charge in [0, 0.05) is 17.7 Å². The van der Waals surface area contributed by atoms with Crippen molar-refractivity contribution in [1.82, 2.24) is 9.97 Å². The summed E-state index contributed by atoms with van der Waals surface area (Å²) >= 11 is 6.92. The number of esters is 1. The van der Waals surface area contributed by atoms with Crippen LogP contribution in [0.15, 0.2) is 35.6 Å². The Morgan fingerprint density at radius 2 is 2.13 bits per heavy atom. The Balaban J connectivity index is 1.67. The maximum Gasteiger partial charge on any atom is 0.322 e. The SMILES string of the molecule is COC(=O)[C@]12CC1[C@@](C)(c1cc(NC(=O)c3ccc(Cl)cn3)cnc1F)N=C(N)S2. The van der Waals surface area contributed by atoms with E-state index in [0.717, 1.165) is 11.8 Å². The molecule has 11 heteroatoms. The number of ether oxygens (including phenoxy) is 1. The first-order valence-electron chi connectivity index (χ1n) is 8.91. The molecule has 2 aromatic rings. The molecule has 0 spiro atoms. The number of fused-ring (bicyclic) bond motifs is 1. The number of aliphatic imine (C=N–C) groups is 1. The van der Waals surface area contributed by atoms with Crippen LogP contribution in [0.2, 0.25) is 5.02 Å². The average Bonchev–Trinajstić information content (AvgIpc) is 3.45. The second-order valence-electron chi connectivity index (χ2n) is 7.22. The maximum absolute atomic E-state index is 14.7. The molecular formula is C19H17ClFN5O3S. The Morgan fingerprint density at radius 1 is 1.37 bits per heavy atom. The minimum Gasteiger partial charge on any atom is -0.468 e. The summed E-state index contributed by atoms with van der Waals surface area (Å²) in [7, 11) is 1.30. The summed E-state index contributed by atoms with van der Waals surface area (Å²) < 4.78 is 18.8. The van der Waals surface area contributed by atoms with Crippen molar-refractivity contribution < 1.29 is 18.7 Å². The van der Waals surface area contributed by atoms with E-state index in [2.05, 4.69) is 20.3 Å². The zero-order chi connectivity index (χ0) is 21.7. The van der Waals surface area contributed by atoms with Gasteiger partial charge in [-0.25, -0.2) is 9.97 Å².